The topological polar surface area (TPSA) is 48.9 Å². The van der Waals surface area contributed by atoms with Gasteiger partial charge in [0.25, 0.3) is 0 Å². The maximum absolute atomic E-state index is 5.57. The third kappa shape index (κ3) is 7.01. The molecule has 2 saturated heterocycles. The lowest BCUT2D eigenvalue weighted by Crippen LogP contribution is -2.56. The zero-order chi connectivity index (χ0) is 19.8. The molecule has 5 nitrogen and oxygen atoms in total. The first kappa shape index (κ1) is 24.8. The first-order chi connectivity index (χ1) is 13.6. The number of aliphatic imine (C=N–C) groups is 1. The number of benzene rings is 1. The second-order valence-corrected chi connectivity index (χ2v) is 9.12. The van der Waals surface area contributed by atoms with Gasteiger partial charge in [-0.2, -0.15) is 11.8 Å². The van der Waals surface area contributed by atoms with Gasteiger partial charge in [0.05, 0.1) is 25.3 Å². The van der Waals surface area contributed by atoms with Crippen LogP contribution in [0.2, 0.25) is 0 Å². The molecule has 0 saturated carbocycles. The van der Waals surface area contributed by atoms with Crippen molar-refractivity contribution in [2.75, 3.05) is 57.4 Å². The van der Waals surface area contributed by atoms with Crippen molar-refractivity contribution in [1.29, 1.82) is 0 Å². The molecule has 2 heterocycles. The quantitative estimate of drug-likeness (QED) is 0.320. The SMILES string of the molecule is CCNC(=NCC1(N2CCOCC2)CCSC1)NCC(C)c1cccc(C)c1.I. The van der Waals surface area contributed by atoms with E-state index in [9.17, 15) is 0 Å². The normalized spacial score (nSPS) is 24.0. The van der Waals surface area contributed by atoms with Crippen LogP contribution >= 0.6 is 35.7 Å². The minimum atomic E-state index is 0. The first-order valence-electron chi connectivity index (χ1n) is 10.6. The van der Waals surface area contributed by atoms with Gasteiger partial charge in [-0.3, -0.25) is 9.89 Å². The van der Waals surface area contributed by atoms with Gasteiger partial charge in [-0.1, -0.05) is 36.8 Å². The Morgan fingerprint density at radius 1 is 1.31 bits per heavy atom. The smallest absolute Gasteiger partial charge is 0.191 e. The molecule has 2 aliphatic rings. The third-order valence-electron chi connectivity index (χ3n) is 5.83. The van der Waals surface area contributed by atoms with Gasteiger partial charge in [-0.05, 0) is 37.5 Å². The minimum Gasteiger partial charge on any atom is -0.379 e. The Balaban J connectivity index is 0.00000300. The lowest BCUT2D eigenvalue weighted by Gasteiger charge is -2.42. The van der Waals surface area contributed by atoms with Crippen LogP contribution < -0.4 is 10.6 Å². The van der Waals surface area contributed by atoms with Crippen LogP contribution in [-0.4, -0.2) is 73.8 Å². The molecular weight excluding hydrogens is 495 g/mol. The van der Waals surface area contributed by atoms with Gasteiger partial charge in [0.1, 0.15) is 0 Å². The van der Waals surface area contributed by atoms with Gasteiger partial charge in [0.2, 0.25) is 0 Å². The monoisotopic (exact) mass is 532 g/mol. The highest BCUT2D eigenvalue weighted by Crippen LogP contribution is 2.34. The number of ether oxygens (including phenoxy) is 1. The van der Waals surface area contributed by atoms with Crippen LogP contribution in [0, 0.1) is 6.92 Å². The molecule has 7 heteroatoms. The molecule has 0 aromatic heterocycles. The highest BCUT2D eigenvalue weighted by Gasteiger charge is 2.40. The average Bonchev–Trinajstić information content (AvgIpc) is 3.21. The van der Waals surface area contributed by atoms with E-state index in [1.165, 1.54) is 29.1 Å². The van der Waals surface area contributed by atoms with E-state index in [0.29, 0.717) is 5.92 Å². The van der Waals surface area contributed by atoms with E-state index >= 15 is 0 Å². The fourth-order valence-electron chi connectivity index (χ4n) is 4.02. The minimum absolute atomic E-state index is 0. The van der Waals surface area contributed by atoms with Crippen LogP contribution in [0.5, 0.6) is 0 Å². The molecule has 1 aromatic carbocycles. The molecule has 2 atom stereocenters. The third-order valence-corrected chi connectivity index (χ3v) is 7.06. The Morgan fingerprint density at radius 2 is 2.10 bits per heavy atom. The van der Waals surface area contributed by atoms with Gasteiger partial charge in [-0.15, -0.1) is 24.0 Å². The molecule has 0 aliphatic carbocycles. The molecule has 0 radical (unpaired) electrons. The molecule has 3 rings (SSSR count). The number of morpholine rings is 1. The highest BCUT2D eigenvalue weighted by molar-refractivity contribution is 14.0. The Labute approximate surface area is 197 Å². The van der Waals surface area contributed by atoms with Crippen LogP contribution in [0.1, 0.15) is 37.3 Å². The fraction of sp³-hybridized carbons (Fsp3) is 0.682. The maximum Gasteiger partial charge on any atom is 0.191 e. The van der Waals surface area contributed by atoms with E-state index in [-0.39, 0.29) is 29.5 Å². The first-order valence-corrected chi connectivity index (χ1v) is 11.8. The van der Waals surface area contributed by atoms with Gasteiger partial charge >= 0.3 is 0 Å². The number of hydrogen-bond donors (Lipinski definition) is 2. The van der Waals surface area contributed by atoms with Crippen LogP contribution in [0.3, 0.4) is 0 Å². The number of halogens is 1. The predicted octanol–water partition coefficient (Wildman–Crippen LogP) is 3.48. The Hall–Kier alpha value is -0.510. The van der Waals surface area contributed by atoms with Gasteiger partial charge in [0, 0.05) is 31.9 Å². The lowest BCUT2D eigenvalue weighted by molar-refractivity contribution is -0.0104. The second kappa shape index (κ2) is 12.4. The van der Waals surface area contributed by atoms with Crippen molar-refractivity contribution in [1.82, 2.24) is 15.5 Å². The molecule has 2 N–H and O–H groups in total. The number of nitrogens with one attached hydrogen (secondary N) is 2. The van der Waals surface area contributed by atoms with Crippen LogP contribution in [-0.2, 0) is 4.74 Å². The van der Waals surface area contributed by atoms with Crippen LogP contribution in [0.25, 0.3) is 0 Å². The van der Waals surface area contributed by atoms with Gasteiger partial charge in [0.15, 0.2) is 5.96 Å². The summed E-state index contributed by atoms with van der Waals surface area (Å²) in [5.41, 5.74) is 2.88. The standard InChI is InChI=1S/C22H36N4OS.HI/c1-4-23-21(24-15-19(3)20-7-5-6-18(2)14-20)25-16-22(8-13-28-17-22)26-9-11-27-12-10-26;/h5-7,14,19H,4,8-13,15-17H2,1-3H3,(H2,23,24,25);1H. The molecule has 2 aliphatic heterocycles. The predicted molar refractivity (Wildman–Crippen MR) is 136 cm³/mol. The lowest BCUT2D eigenvalue weighted by atomic mass is 9.96. The van der Waals surface area contributed by atoms with E-state index in [4.69, 9.17) is 9.73 Å². The van der Waals surface area contributed by atoms with Crippen molar-refractivity contribution in [3.05, 3.63) is 35.4 Å². The molecule has 164 valence electrons. The van der Waals surface area contributed by atoms with Crippen LogP contribution in [0.4, 0.5) is 0 Å². The molecule has 29 heavy (non-hydrogen) atoms. The molecular formula is C22H37IN4OS. The van der Waals surface area contributed by atoms with E-state index < -0.39 is 0 Å². The average molecular weight is 533 g/mol. The van der Waals surface area contributed by atoms with E-state index in [1.54, 1.807) is 0 Å². The van der Waals surface area contributed by atoms with Crippen molar-refractivity contribution in [3.63, 3.8) is 0 Å². The van der Waals surface area contributed by atoms with E-state index in [0.717, 1.165) is 51.9 Å². The van der Waals surface area contributed by atoms with E-state index in [2.05, 4.69) is 72.3 Å². The summed E-state index contributed by atoms with van der Waals surface area (Å²) >= 11 is 2.06. The van der Waals surface area contributed by atoms with Crippen LogP contribution in [0.15, 0.2) is 29.3 Å². The number of rotatable bonds is 7. The maximum atomic E-state index is 5.57. The van der Waals surface area contributed by atoms with Crippen molar-refractivity contribution in [2.24, 2.45) is 4.99 Å². The summed E-state index contributed by atoms with van der Waals surface area (Å²) in [4.78, 5) is 7.65. The molecule has 2 unspecified atom stereocenters. The Kier molecular flexibility index (Phi) is 10.6. The summed E-state index contributed by atoms with van der Waals surface area (Å²) < 4.78 is 5.57. The zero-order valence-electron chi connectivity index (χ0n) is 18.1. The number of aryl methyl sites for hydroxylation is 1. The zero-order valence-corrected chi connectivity index (χ0v) is 21.2. The molecule has 0 spiro atoms. The van der Waals surface area contributed by atoms with Gasteiger partial charge in [-0.25, -0.2) is 0 Å². The highest BCUT2D eigenvalue weighted by atomic mass is 127. The summed E-state index contributed by atoms with van der Waals surface area (Å²) in [6.07, 6.45) is 1.22. The van der Waals surface area contributed by atoms with Crippen molar-refractivity contribution >= 4 is 41.7 Å². The Bertz CT molecular complexity index is 645. The molecule has 2 fully saturated rings. The molecule has 0 bridgehead atoms. The molecule has 0 amide bonds. The summed E-state index contributed by atoms with van der Waals surface area (Å²) in [5, 5.41) is 7.01. The summed E-state index contributed by atoms with van der Waals surface area (Å²) in [6.45, 7) is 12.9. The number of guanidine groups is 1. The van der Waals surface area contributed by atoms with E-state index in [1.807, 2.05) is 0 Å². The number of nitrogens with zero attached hydrogens (tertiary/aromatic N) is 2. The van der Waals surface area contributed by atoms with Gasteiger partial charge < -0.3 is 15.4 Å². The van der Waals surface area contributed by atoms with Crippen molar-refractivity contribution < 1.29 is 4.74 Å². The summed E-state index contributed by atoms with van der Waals surface area (Å²) in [7, 11) is 0. The summed E-state index contributed by atoms with van der Waals surface area (Å²) in [5.74, 6) is 3.79. The number of thioether (sulfide) groups is 1. The second-order valence-electron chi connectivity index (χ2n) is 8.02. The van der Waals surface area contributed by atoms with Crippen molar-refractivity contribution in [3.8, 4) is 0 Å². The largest absolute Gasteiger partial charge is 0.379 e. The van der Waals surface area contributed by atoms with Crippen molar-refractivity contribution in [2.45, 2.75) is 38.6 Å². The molecule has 1 aromatic rings. The summed E-state index contributed by atoms with van der Waals surface area (Å²) in [6, 6.07) is 8.79. The fourth-order valence-corrected chi connectivity index (χ4v) is 5.49. The number of hydrogen-bond acceptors (Lipinski definition) is 4. The Morgan fingerprint density at radius 3 is 2.76 bits per heavy atom.